The Balaban J connectivity index is 0.00000225. The number of halogens is 2. The zero-order valence-corrected chi connectivity index (χ0v) is 22.9. The summed E-state index contributed by atoms with van der Waals surface area (Å²) in [5, 5.41) is 24.9. The first-order valence-electron chi connectivity index (χ1n) is 10.6. The lowest BCUT2D eigenvalue weighted by molar-refractivity contribution is -0.907. The van der Waals surface area contributed by atoms with Gasteiger partial charge in [0.25, 0.3) is 0 Å². The van der Waals surface area contributed by atoms with Crippen LogP contribution in [-0.2, 0) is 0 Å². The number of aliphatic imine (C=N–C) groups is 2. The van der Waals surface area contributed by atoms with Crippen LogP contribution in [0, 0.1) is 0 Å². The minimum Gasteiger partial charge on any atom is -0.858 e. The number of nitrogens with zero attached hydrogens (tertiary/aromatic N) is 4. The van der Waals surface area contributed by atoms with E-state index in [1.54, 1.807) is 18.2 Å². The Kier molecular flexibility index (Phi) is 11.5. The number of benzene rings is 1. The Morgan fingerprint density at radius 3 is 1.47 bits per heavy atom. The fourth-order valence-corrected chi connectivity index (χ4v) is 4.51. The average Bonchev–Trinajstić information content (AvgIpc) is 2.62. The molecule has 0 amide bonds. The van der Waals surface area contributed by atoms with Gasteiger partial charge in [-0.25, -0.2) is 0 Å². The molecule has 0 saturated carbocycles. The van der Waals surface area contributed by atoms with E-state index < -0.39 is 0 Å². The summed E-state index contributed by atoms with van der Waals surface area (Å²) < 4.78 is 1.56. The molecule has 0 atom stereocenters. The fraction of sp³-hybridized carbons (Fsp3) is 0.636. The topological polar surface area (TPSA) is 70.8 Å². The molecule has 0 spiro atoms. The minimum atomic E-state index is -0.0979. The van der Waals surface area contributed by atoms with E-state index in [2.05, 4.69) is 24.1 Å². The molecule has 0 bridgehead atoms. The van der Waals surface area contributed by atoms with Crippen LogP contribution >= 0.6 is 48.0 Å². The molecule has 2 aliphatic rings. The summed E-state index contributed by atoms with van der Waals surface area (Å²) in [4.78, 5) is 8.53. The number of quaternary nitrogens is 2. The van der Waals surface area contributed by atoms with Gasteiger partial charge in [-0.05, 0) is 56.7 Å². The molecule has 0 N–H and O–H groups in total. The molecule has 2 heterocycles. The maximum absolute atomic E-state index is 12.4. The van der Waals surface area contributed by atoms with Crippen LogP contribution < -0.4 is 10.2 Å². The smallest absolute Gasteiger partial charge is 0.107 e. The predicted octanol–water partition coefficient (Wildman–Crippen LogP) is 2.96. The molecule has 170 valence electrons. The molecule has 0 unspecified atom stereocenters. The highest BCUT2D eigenvalue weighted by atomic mass is 127. The maximum atomic E-state index is 12.4. The summed E-state index contributed by atoms with van der Waals surface area (Å²) in [5.74, 6) is -0.196. The van der Waals surface area contributed by atoms with Gasteiger partial charge in [0.2, 0.25) is 0 Å². The third-order valence-electron chi connectivity index (χ3n) is 6.16. The van der Waals surface area contributed by atoms with Crippen LogP contribution in [0.4, 0.5) is 11.4 Å². The molecule has 1 aromatic carbocycles. The van der Waals surface area contributed by atoms with Gasteiger partial charge in [0, 0.05) is 11.8 Å². The second kappa shape index (κ2) is 12.5. The molecule has 30 heavy (non-hydrogen) atoms. The molecule has 0 aromatic heterocycles. The number of likely N-dealkylation sites (tertiary alicyclic amines) is 2. The Morgan fingerprint density at radius 1 is 0.733 bits per heavy atom. The van der Waals surface area contributed by atoms with Crippen LogP contribution in [0.5, 0.6) is 0 Å². The molecular formula is C22H36I2N4O2. The van der Waals surface area contributed by atoms with Crippen LogP contribution in [0.25, 0.3) is 0 Å². The number of hydrogen-bond donors (Lipinski definition) is 0. The second-order valence-electron chi connectivity index (χ2n) is 9.10. The zero-order chi connectivity index (χ0) is 20.0. The van der Waals surface area contributed by atoms with Gasteiger partial charge in [0.05, 0.1) is 51.6 Å². The van der Waals surface area contributed by atoms with E-state index >= 15 is 0 Å². The Morgan fingerprint density at radius 2 is 1.10 bits per heavy atom. The third-order valence-corrected chi connectivity index (χ3v) is 6.16. The van der Waals surface area contributed by atoms with Gasteiger partial charge in [0.1, 0.15) is 13.1 Å². The van der Waals surface area contributed by atoms with Crippen LogP contribution in [0.15, 0.2) is 34.3 Å². The average molecular weight is 642 g/mol. The molecule has 6 nitrogen and oxygen atoms in total. The standard InChI is InChI=1S/C22H34N4O2.2HI/c1-25(12-5-3-6-13-25)17-21(27)23-19-10-9-11-20(16-19)24-22(28)18-26(2)14-7-4-8-15-26;;/h9-11,16H,3-8,12-15,17-18H2,1-2H3;2*1H. The van der Waals surface area contributed by atoms with Crippen molar-refractivity contribution in [1.29, 1.82) is 0 Å². The number of hydrogen-bond acceptors (Lipinski definition) is 4. The van der Waals surface area contributed by atoms with Crippen LogP contribution in [0.1, 0.15) is 38.5 Å². The van der Waals surface area contributed by atoms with Gasteiger partial charge in [0.15, 0.2) is 0 Å². The van der Waals surface area contributed by atoms with Crippen molar-refractivity contribution < 1.29 is 19.2 Å². The maximum Gasteiger partial charge on any atom is 0.107 e. The molecule has 0 aliphatic carbocycles. The Labute approximate surface area is 215 Å². The lowest BCUT2D eigenvalue weighted by Gasteiger charge is -2.39. The number of piperidine rings is 2. The number of likely N-dealkylation sites (N-methyl/N-ethyl adjacent to an activating group) is 2. The summed E-state index contributed by atoms with van der Waals surface area (Å²) in [5.41, 5.74) is 1.17. The van der Waals surface area contributed by atoms with Crippen molar-refractivity contribution in [1.82, 2.24) is 0 Å². The summed E-state index contributed by atoms with van der Waals surface area (Å²) in [6, 6.07) is 7.15. The van der Waals surface area contributed by atoms with Gasteiger partial charge in [-0.1, -0.05) is 6.07 Å². The Hall–Kier alpha value is -0.460. The van der Waals surface area contributed by atoms with Gasteiger partial charge in [-0.2, -0.15) is 0 Å². The highest BCUT2D eigenvalue weighted by molar-refractivity contribution is 14.0. The SMILES string of the molecule is C[N+]1(CC([O-])=Nc2cccc(N=C([O-])C[N+]3(C)CCCCC3)c2)CCCCC1.I.I. The van der Waals surface area contributed by atoms with Crippen molar-refractivity contribution in [3.05, 3.63) is 24.3 Å². The summed E-state index contributed by atoms with van der Waals surface area (Å²) in [6.07, 6.45) is 7.23. The molecule has 8 heteroatoms. The van der Waals surface area contributed by atoms with Gasteiger partial charge in [-0.15, -0.1) is 48.0 Å². The first-order chi connectivity index (χ1) is 13.4. The van der Waals surface area contributed by atoms with E-state index in [1.807, 2.05) is 6.07 Å². The number of rotatable bonds is 6. The minimum absolute atomic E-state index is 0. The van der Waals surface area contributed by atoms with E-state index in [4.69, 9.17) is 0 Å². The second-order valence-corrected chi connectivity index (χ2v) is 9.10. The van der Waals surface area contributed by atoms with E-state index in [0.717, 1.165) is 35.1 Å². The highest BCUT2D eigenvalue weighted by Crippen LogP contribution is 2.22. The molecule has 2 fully saturated rings. The lowest BCUT2D eigenvalue weighted by atomic mass is 10.1. The summed E-state index contributed by atoms with van der Waals surface area (Å²) in [7, 11) is 4.28. The zero-order valence-electron chi connectivity index (χ0n) is 18.2. The molecular weight excluding hydrogens is 606 g/mol. The summed E-state index contributed by atoms with van der Waals surface area (Å²) >= 11 is 0. The summed E-state index contributed by atoms with van der Waals surface area (Å²) in [6.45, 7) is 5.06. The fourth-order valence-electron chi connectivity index (χ4n) is 4.51. The Bertz CT molecular complexity index is 670. The predicted molar refractivity (Wildman–Crippen MR) is 141 cm³/mol. The molecule has 2 aliphatic heterocycles. The lowest BCUT2D eigenvalue weighted by Crippen LogP contribution is -2.53. The first kappa shape index (κ1) is 27.6. The van der Waals surface area contributed by atoms with Crippen molar-refractivity contribution in [3.8, 4) is 0 Å². The van der Waals surface area contributed by atoms with Crippen molar-refractivity contribution >= 4 is 71.1 Å². The molecule has 3 rings (SSSR count). The van der Waals surface area contributed by atoms with Crippen LogP contribution in [0.2, 0.25) is 0 Å². The van der Waals surface area contributed by atoms with E-state index in [1.165, 1.54) is 38.5 Å². The highest BCUT2D eigenvalue weighted by Gasteiger charge is 2.25. The monoisotopic (exact) mass is 642 g/mol. The van der Waals surface area contributed by atoms with Crippen molar-refractivity contribution in [2.45, 2.75) is 38.5 Å². The first-order valence-corrected chi connectivity index (χ1v) is 10.6. The van der Waals surface area contributed by atoms with Crippen LogP contribution in [-0.4, -0.2) is 74.1 Å². The van der Waals surface area contributed by atoms with Crippen LogP contribution in [0.3, 0.4) is 0 Å². The molecule has 2 saturated heterocycles. The van der Waals surface area contributed by atoms with E-state index in [0.29, 0.717) is 24.5 Å². The van der Waals surface area contributed by atoms with E-state index in [9.17, 15) is 10.2 Å². The van der Waals surface area contributed by atoms with Gasteiger partial charge in [-0.3, -0.25) is 9.98 Å². The van der Waals surface area contributed by atoms with Gasteiger partial charge >= 0.3 is 0 Å². The van der Waals surface area contributed by atoms with Crippen molar-refractivity contribution in [2.75, 3.05) is 53.4 Å². The molecule has 0 radical (unpaired) electrons. The largest absolute Gasteiger partial charge is 0.858 e. The van der Waals surface area contributed by atoms with Crippen molar-refractivity contribution in [2.24, 2.45) is 9.98 Å². The van der Waals surface area contributed by atoms with Gasteiger partial charge < -0.3 is 19.2 Å². The normalized spacial score (nSPS) is 21.3. The quantitative estimate of drug-likeness (QED) is 0.208. The third kappa shape index (κ3) is 8.58. The van der Waals surface area contributed by atoms with Crippen molar-refractivity contribution in [3.63, 3.8) is 0 Å². The van der Waals surface area contributed by atoms with E-state index in [-0.39, 0.29) is 59.7 Å². The molecule has 1 aromatic rings.